The predicted octanol–water partition coefficient (Wildman–Crippen LogP) is 4.42. The van der Waals surface area contributed by atoms with Gasteiger partial charge in [0.15, 0.2) is 5.82 Å². The van der Waals surface area contributed by atoms with Crippen LogP contribution in [0, 0.1) is 6.92 Å². The molecule has 0 aliphatic carbocycles. The van der Waals surface area contributed by atoms with Crippen molar-refractivity contribution in [3.63, 3.8) is 0 Å². The second-order valence-corrected chi connectivity index (χ2v) is 5.80. The molecule has 0 bridgehead atoms. The van der Waals surface area contributed by atoms with E-state index >= 15 is 0 Å². The van der Waals surface area contributed by atoms with E-state index in [4.69, 9.17) is 12.2 Å². The van der Waals surface area contributed by atoms with Gasteiger partial charge in [-0.15, -0.1) is 0 Å². The number of hydrogen-bond donors (Lipinski definition) is 2. The van der Waals surface area contributed by atoms with Gasteiger partial charge in [0.05, 0.1) is 16.7 Å². The van der Waals surface area contributed by atoms with Crippen molar-refractivity contribution >= 4 is 49.9 Å². The van der Waals surface area contributed by atoms with Gasteiger partial charge in [0, 0.05) is 4.47 Å². The van der Waals surface area contributed by atoms with Gasteiger partial charge in [0.1, 0.15) is 4.99 Å². The van der Waals surface area contributed by atoms with Crippen molar-refractivity contribution in [2.45, 2.75) is 6.92 Å². The number of halogens is 1. The highest BCUT2D eigenvalue weighted by molar-refractivity contribution is 9.10. The summed E-state index contributed by atoms with van der Waals surface area (Å²) in [5.74, 6) is 0.675. The highest BCUT2D eigenvalue weighted by atomic mass is 79.9. The molecule has 5 heteroatoms. The van der Waals surface area contributed by atoms with Crippen LogP contribution in [0.15, 0.2) is 46.9 Å². The second kappa shape index (κ2) is 5.34. The van der Waals surface area contributed by atoms with E-state index in [1.807, 2.05) is 49.4 Å². The van der Waals surface area contributed by atoms with Gasteiger partial charge in [0.2, 0.25) is 0 Å². The van der Waals surface area contributed by atoms with Crippen molar-refractivity contribution in [1.82, 2.24) is 9.97 Å². The maximum atomic E-state index is 5.41. The number of thiocarbonyl (C=S) groups is 1. The minimum Gasteiger partial charge on any atom is -0.343 e. The van der Waals surface area contributed by atoms with Gasteiger partial charge in [-0.1, -0.05) is 30.4 Å². The Balaban J connectivity index is 1.89. The third-order valence-electron chi connectivity index (χ3n) is 2.98. The molecule has 100 valence electrons. The second-order valence-electron chi connectivity index (χ2n) is 4.54. The van der Waals surface area contributed by atoms with E-state index in [0.29, 0.717) is 10.8 Å². The number of benzene rings is 2. The van der Waals surface area contributed by atoms with Gasteiger partial charge >= 0.3 is 0 Å². The fourth-order valence-corrected chi connectivity index (χ4v) is 2.76. The van der Waals surface area contributed by atoms with Gasteiger partial charge in [-0.3, -0.25) is 0 Å². The number of nitrogens with zero attached hydrogens (tertiary/aromatic N) is 1. The van der Waals surface area contributed by atoms with Crippen molar-refractivity contribution in [3.8, 4) is 0 Å². The number of imidazole rings is 1. The molecule has 3 rings (SSSR count). The Morgan fingerprint density at radius 2 is 2.05 bits per heavy atom. The molecule has 0 saturated heterocycles. The molecule has 0 saturated carbocycles. The van der Waals surface area contributed by atoms with Crippen LogP contribution in [0.2, 0.25) is 0 Å². The molecular formula is C15H12BrN3S. The van der Waals surface area contributed by atoms with Crippen molar-refractivity contribution < 1.29 is 0 Å². The summed E-state index contributed by atoms with van der Waals surface area (Å²) in [6.07, 6.45) is 0. The molecule has 0 spiro atoms. The summed E-state index contributed by atoms with van der Waals surface area (Å²) in [5, 5.41) is 3.21. The molecule has 3 nitrogen and oxygen atoms in total. The highest BCUT2D eigenvalue weighted by Gasteiger charge is 2.09. The first-order valence-corrected chi connectivity index (χ1v) is 7.36. The normalized spacial score (nSPS) is 10.7. The van der Waals surface area contributed by atoms with Gasteiger partial charge in [-0.05, 0) is 52.7 Å². The Bertz CT molecular complexity index is 762. The Kier molecular flexibility index (Phi) is 3.54. The smallest absolute Gasteiger partial charge is 0.166 e. The van der Waals surface area contributed by atoms with Gasteiger partial charge in [-0.25, -0.2) is 4.98 Å². The third-order valence-corrected chi connectivity index (χ3v) is 3.93. The third kappa shape index (κ3) is 2.59. The Hall–Kier alpha value is -1.72. The maximum absolute atomic E-state index is 5.41. The molecule has 2 N–H and O–H groups in total. The van der Waals surface area contributed by atoms with Crippen molar-refractivity contribution in [3.05, 3.63) is 58.3 Å². The molecule has 0 unspecified atom stereocenters. The van der Waals surface area contributed by atoms with Crippen LogP contribution in [0.4, 0.5) is 5.69 Å². The number of aromatic nitrogens is 2. The minimum absolute atomic E-state index is 0.575. The van der Waals surface area contributed by atoms with Crippen LogP contribution in [-0.2, 0) is 0 Å². The zero-order chi connectivity index (χ0) is 14.1. The lowest BCUT2D eigenvalue weighted by Crippen LogP contribution is -2.12. The predicted molar refractivity (Wildman–Crippen MR) is 90.3 cm³/mol. The summed E-state index contributed by atoms with van der Waals surface area (Å²) < 4.78 is 0.982. The molecule has 0 radical (unpaired) electrons. The molecule has 0 atom stereocenters. The number of anilines is 1. The average Bonchev–Trinajstić information content (AvgIpc) is 2.86. The van der Waals surface area contributed by atoms with Crippen LogP contribution in [0.5, 0.6) is 0 Å². The lowest BCUT2D eigenvalue weighted by Gasteiger charge is -2.08. The standard InChI is InChI=1S/C15H12BrN3S/c1-9-6-7-11(10(16)8-9)19-15(20)14-17-12-4-2-3-5-13(12)18-14/h2-8H,1H3,(H,17,18)(H,19,20). The van der Waals surface area contributed by atoms with E-state index in [0.717, 1.165) is 21.2 Å². The molecule has 0 aliphatic rings. The molecule has 0 fully saturated rings. The summed E-state index contributed by atoms with van der Waals surface area (Å²) in [7, 11) is 0. The lowest BCUT2D eigenvalue weighted by atomic mass is 10.2. The number of fused-ring (bicyclic) bond motifs is 1. The number of para-hydroxylation sites is 2. The zero-order valence-electron chi connectivity index (χ0n) is 10.8. The molecule has 20 heavy (non-hydrogen) atoms. The van der Waals surface area contributed by atoms with Crippen molar-refractivity contribution in [2.75, 3.05) is 5.32 Å². The molecule has 3 aromatic rings. The van der Waals surface area contributed by atoms with Crippen LogP contribution in [-0.4, -0.2) is 15.0 Å². The minimum atomic E-state index is 0.575. The Labute approximate surface area is 130 Å². The Morgan fingerprint density at radius 1 is 1.25 bits per heavy atom. The van der Waals surface area contributed by atoms with E-state index in [-0.39, 0.29) is 0 Å². The number of rotatable bonds is 2. The Morgan fingerprint density at radius 3 is 2.80 bits per heavy atom. The van der Waals surface area contributed by atoms with Gasteiger partial charge < -0.3 is 10.3 Å². The summed E-state index contributed by atoms with van der Waals surface area (Å²) in [4.78, 5) is 8.27. The topological polar surface area (TPSA) is 40.7 Å². The SMILES string of the molecule is Cc1ccc(NC(=S)c2nc3ccccc3[nH]2)c(Br)c1. The molecule has 2 aromatic carbocycles. The largest absolute Gasteiger partial charge is 0.343 e. The van der Waals surface area contributed by atoms with Crippen LogP contribution in [0.25, 0.3) is 11.0 Å². The molecular weight excluding hydrogens is 334 g/mol. The van der Waals surface area contributed by atoms with E-state index in [1.54, 1.807) is 0 Å². The van der Waals surface area contributed by atoms with E-state index < -0.39 is 0 Å². The molecule has 1 heterocycles. The molecule has 0 amide bonds. The summed E-state index contributed by atoms with van der Waals surface area (Å²) >= 11 is 8.94. The number of aryl methyl sites for hydroxylation is 1. The first-order chi connectivity index (χ1) is 9.63. The van der Waals surface area contributed by atoms with Crippen LogP contribution >= 0.6 is 28.1 Å². The van der Waals surface area contributed by atoms with Gasteiger partial charge in [-0.2, -0.15) is 0 Å². The number of H-pyrrole nitrogens is 1. The lowest BCUT2D eigenvalue weighted by molar-refractivity contribution is 1.29. The monoisotopic (exact) mass is 345 g/mol. The average molecular weight is 346 g/mol. The molecule has 1 aromatic heterocycles. The summed E-state index contributed by atoms with van der Waals surface area (Å²) in [5.41, 5.74) is 4.02. The summed E-state index contributed by atoms with van der Waals surface area (Å²) in [6, 6.07) is 13.9. The van der Waals surface area contributed by atoms with E-state index in [1.165, 1.54) is 5.56 Å². The van der Waals surface area contributed by atoms with Crippen molar-refractivity contribution in [1.29, 1.82) is 0 Å². The van der Waals surface area contributed by atoms with E-state index in [9.17, 15) is 0 Å². The first kappa shape index (κ1) is 13.3. The van der Waals surface area contributed by atoms with Crippen LogP contribution < -0.4 is 5.32 Å². The summed E-state index contributed by atoms with van der Waals surface area (Å²) in [6.45, 7) is 2.05. The van der Waals surface area contributed by atoms with Crippen LogP contribution in [0.1, 0.15) is 11.4 Å². The number of aromatic amines is 1. The van der Waals surface area contributed by atoms with Gasteiger partial charge in [0.25, 0.3) is 0 Å². The van der Waals surface area contributed by atoms with Crippen molar-refractivity contribution in [2.24, 2.45) is 0 Å². The van der Waals surface area contributed by atoms with Crippen LogP contribution in [0.3, 0.4) is 0 Å². The maximum Gasteiger partial charge on any atom is 0.166 e. The fourth-order valence-electron chi connectivity index (χ4n) is 1.96. The number of hydrogen-bond acceptors (Lipinski definition) is 2. The fraction of sp³-hybridized carbons (Fsp3) is 0.0667. The quantitative estimate of drug-likeness (QED) is 0.675. The molecule has 0 aliphatic heterocycles. The highest BCUT2D eigenvalue weighted by Crippen LogP contribution is 2.24. The van der Waals surface area contributed by atoms with E-state index in [2.05, 4.69) is 31.2 Å². The zero-order valence-corrected chi connectivity index (χ0v) is 13.2. The first-order valence-electron chi connectivity index (χ1n) is 6.16. The number of nitrogens with one attached hydrogen (secondary N) is 2.